The highest BCUT2D eigenvalue weighted by Gasteiger charge is 2.16. The van der Waals surface area contributed by atoms with E-state index in [1.54, 1.807) is 11.8 Å². The summed E-state index contributed by atoms with van der Waals surface area (Å²) in [6.07, 6.45) is 0.0119. The highest BCUT2D eigenvalue weighted by Crippen LogP contribution is 2.08. The zero-order valence-corrected chi connectivity index (χ0v) is 11.2. The van der Waals surface area contributed by atoms with Crippen molar-refractivity contribution in [2.75, 3.05) is 11.5 Å². The van der Waals surface area contributed by atoms with Gasteiger partial charge in [-0.05, 0) is 27.7 Å². The molecule has 0 aromatic heterocycles. The molecule has 0 rings (SSSR count). The molecule has 16 heavy (non-hydrogen) atoms. The van der Waals surface area contributed by atoms with Gasteiger partial charge in [-0.3, -0.25) is 0 Å². The molecule has 0 aliphatic heterocycles. The molecule has 0 spiro atoms. The number of nitriles is 1. The lowest BCUT2D eigenvalue weighted by Gasteiger charge is -2.21. The summed E-state index contributed by atoms with van der Waals surface area (Å²) in [5.74, 6) is 1.50. The van der Waals surface area contributed by atoms with Crippen LogP contribution in [0.1, 0.15) is 34.1 Å². The van der Waals surface area contributed by atoms with Gasteiger partial charge in [-0.2, -0.15) is 17.0 Å². The molecular formula is C11H20N2O2S. The third kappa shape index (κ3) is 9.66. The summed E-state index contributed by atoms with van der Waals surface area (Å²) in [6, 6.07) is 2.07. The minimum Gasteiger partial charge on any atom is -0.446 e. The summed E-state index contributed by atoms with van der Waals surface area (Å²) >= 11 is 1.62. The normalized spacial score (nSPS) is 12.7. The van der Waals surface area contributed by atoms with Crippen LogP contribution in [0.3, 0.4) is 0 Å². The number of nitrogens with zero attached hydrogens (tertiary/aromatic N) is 1. The van der Waals surface area contributed by atoms with Gasteiger partial charge in [0, 0.05) is 23.5 Å². The van der Waals surface area contributed by atoms with Crippen LogP contribution < -0.4 is 5.32 Å². The predicted octanol–water partition coefficient (Wildman–Crippen LogP) is 2.55. The molecule has 0 saturated carbocycles. The van der Waals surface area contributed by atoms with E-state index in [1.807, 2.05) is 27.7 Å². The van der Waals surface area contributed by atoms with Crippen LogP contribution in [0.5, 0.6) is 0 Å². The summed E-state index contributed by atoms with van der Waals surface area (Å²) in [4.78, 5) is 11.4. The molecule has 0 aliphatic carbocycles. The first-order chi connectivity index (χ1) is 7.35. The highest BCUT2D eigenvalue weighted by molar-refractivity contribution is 7.99. The number of hydrogen-bond acceptors (Lipinski definition) is 4. The summed E-state index contributed by atoms with van der Waals surface area (Å²) < 4.78 is 5.15. The van der Waals surface area contributed by atoms with E-state index in [1.165, 1.54) is 0 Å². The molecule has 1 atom stereocenters. The van der Waals surface area contributed by atoms with Crippen LogP contribution in [0.15, 0.2) is 0 Å². The summed E-state index contributed by atoms with van der Waals surface area (Å²) in [6.45, 7) is 7.56. The Morgan fingerprint density at radius 1 is 1.56 bits per heavy atom. The number of amides is 1. The summed E-state index contributed by atoms with van der Waals surface area (Å²) in [5.41, 5.74) is -0.273. The Hall–Kier alpha value is -0.890. The van der Waals surface area contributed by atoms with Crippen LogP contribution in [-0.4, -0.2) is 29.2 Å². The van der Waals surface area contributed by atoms with Crippen molar-refractivity contribution >= 4 is 17.9 Å². The van der Waals surface area contributed by atoms with Gasteiger partial charge in [-0.15, -0.1) is 0 Å². The topological polar surface area (TPSA) is 62.1 Å². The predicted molar refractivity (Wildman–Crippen MR) is 66.4 cm³/mol. The third-order valence-corrected chi connectivity index (χ3v) is 2.69. The summed E-state index contributed by atoms with van der Waals surface area (Å²) in [7, 11) is 0. The second-order valence-electron chi connectivity index (χ2n) is 4.57. The fourth-order valence-electron chi connectivity index (χ4n) is 0.920. The maximum absolute atomic E-state index is 11.4. The Balaban J connectivity index is 3.67. The van der Waals surface area contributed by atoms with Gasteiger partial charge in [0.05, 0.1) is 6.07 Å². The molecule has 0 aliphatic rings. The molecular weight excluding hydrogens is 224 g/mol. The van der Waals surface area contributed by atoms with Crippen LogP contribution in [0.4, 0.5) is 4.79 Å². The number of hydrogen-bond donors (Lipinski definition) is 1. The van der Waals surface area contributed by atoms with Crippen LogP contribution in [0, 0.1) is 11.3 Å². The largest absolute Gasteiger partial charge is 0.446 e. The molecule has 0 saturated heterocycles. The van der Waals surface area contributed by atoms with Crippen molar-refractivity contribution < 1.29 is 9.53 Å². The first-order valence-corrected chi connectivity index (χ1v) is 6.44. The van der Waals surface area contributed by atoms with Crippen LogP contribution >= 0.6 is 11.8 Å². The van der Waals surface area contributed by atoms with Crippen LogP contribution in [-0.2, 0) is 4.74 Å². The van der Waals surface area contributed by atoms with E-state index in [2.05, 4.69) is 11.4 Å². The van der Waals surface area contributed by atoms with Gasteiger partial charge in [-0.1, -0.05) is 0 Å². The van der Waals surface area contributed by atoms with Gasteiger partial charge in [0.25, 0.3) is 0 Å². The first kappa shape index (κ1) is 15.1. The average Bonchev–Trinajstić information content (AvgIpc) is 2.09. The molecule has 0 heterocycles. The highest BCUT2D eigenvalue weighted by atomic mass is 32.2. The standard InChI is InChI=1S/C11H20N2O2S/c1-9(8-16-7-5-6-12)15-10(14)13-11(2,3)4/h9H,5,7-8H2,1-4H3,(H,13,14)/t9-/m1/s1. The molecule has 0 bridgehead atoms. The second kappa shape index (κ2) is 7.39. The monoisotopic (exact) mass is 244 g/mol. The zero-order chi connectivity index (χ0) is 12.6. The van der Waals surface area contributed by atoms with Gasteiger partial charge >= 0.3 is 6.09 Å². The van der Waals surface area contributed by atoms with Crippen molar-refractivity contribution in [3.8, 4) is 6.07 Å². The molecule has 0 fully saturated rings. The zero-order valence-electron chi connectivity index (χ0n) is 10.4. The summed E-state index contributed by atoms with van der Waals surface area (Å²) in [5, 5.41) is 11.1. The molecule has 0 aromatic rings. The van der Waals surface area contributed by atoms with Gasteiger partial charge in [0.1, 0.15) is 6.10 Å². The van der Waals surface area contributed by atoms with E-state index in [-0.39, 0.29) is 17.7 Å². The van der Waals surface area contributed by atoms with Crippen molar-refractivity contribution in [3.63, 3.8) is 0 Å². The smallest absolute Gasteiger partial charge is 0.407 e. The minimum atomic E-state index is -0.388. The molecule has 0 unspecified atom stereocenters. The van der Waals surface area contributed by atoms with Crippen molar-refractivity contribution in [3.05, 3.63) is 0 Å². The number of carbonyl (C=O) groups is 1. The van der Waals surface area contributed by atoms with Gasteiger partial charge in [-0.25, -0.2) is 4.79 Å². The van der Waals surface area contributed by atoms with E-state index in [0.717, 1.165) is 11.5 Å². The maximum atomic E-state index is 11.4. The fourth-order valence-corrected chi connectivity index (χ4v) is 1.72. The fraction of sp³-hybridized carbons (Fsp3) is 0.818. The van der Waals surface area contributed by atoms with E-state index in [0.29, 0.717) is 6.42 Å². The van der Waals surface area contributed by atoms with E-state index in [4.69, 9.17) is 10.00 Å². The lowest BCUT2D eigenvalue weighted by molar-refractivity contribution is 0.110. The molecule has 1 N–H and O–H groups in total. The lowest BCUT2D eigenvalue weighted by atomic mass is 10.1. The Kier molecular flexibility index (Phi) is 6.98. The van der Waals surface area contributed by atoms with Crippen molar-refractivity contribution in [1.82, 2.24) is 5.32 Å². The third-order valence-electron chi connectivity index (χ3n) is 1.50. The molecule has 5 heteroatoms. The molecule has 92 valence electrons. The van der Waals surface area contributed by atoms with Crippen molar-refractivity contribution in [2.24, 2.45) is 0 Å². The lowest BCUT2D eigenvalue weighted by Crippen LogP contribution is -2.42. The Bertz CT molecular complexity index is 256. The van der Waals surface area contributed by atoms with E-state index >= 15 is 0 Å². The number of alkyl carbamates (subject to hydrolysis) is 1. The molecule has 0 aromatic carbocycles. The second-order valence-corrected chi connectivity index (χ2v) is 5.72. The number of thioether (sulfide) groups is 1. The molecule has 1 amide bonds. The number of ether oxygens (including phenoxy) is 1. The van der Waals surface area contributed by atoms with Gasteiger partial charge in [0.15, 0.2) is 0 Å². The maximum Gasteiger partial charge on any atom is 0.407 e. The molecule has 0 radical (unpaired) electrons. The van der Waals surface area contributed by atoms with Gasteiger partial charge in [0.2, 0.25) is 0 Å². The SMILES string of the molecule is C[C@H](CSCCC#N)OC(=O)NC(C)(C)C. The minimum absolute atomic E-state index is 0.133. The van der Waals surface area contributed by atoms with E-state index in [9.17, 15) is 4.79 Å². The van der Waals surface area contributed by atoms with Crippen LogP contribution in [0.2, 0.25) is 0 Å². The Morgan fingerprint density at radius 3 is 2.69 bits per heavy atom. The first-order valence-electron chi connectivity index (χ1n) is 5.28. The number of nitrogens with one attached hydrogen (secondary N) is 1. The van der Waals surface area contributed by atoms with Crippen molar-refractivity contribution in [2.45, 2.75) is 45.8 Å². The van der Waals surface area contributed by atoms with Gasteiger partial charge < -0.3 is 10.1 Å². The number of rotatable bonds is 5. The Morgan fingerprint density at radius 2 is 2.19 bits per heavy atom. The van der Waals surface area contributed by atoms with Crippen molar-refractivity contribution in [1.29, 1.82) is 5.26 Å². The van der Waals surface area contributed by atoms with Crippen LogP contribution in [0.25, 0.3) is 0 Å². The number of carbonyl (C=O) groups excluding carboxylic acids is 1. The average molecular weight is 244 g/mol. The van der Waals surface area contributed by atoms with E-state index < -0.39 is 0 Å². The molecule has 4 nitrogen and oxygen atoms in total. The quantitative estimate of drug-likeness (QED) is 0.755. The Labute approximate surface area is 102 Å².